The van der Waals surface area contributed by atoms with Gasteiger partial charge in [0.1, 0.15) is 11.6 Å². The van der Waals surface area contributed by atoms with Gasteiger partial charge in [-0.1, -0.05) is 26.8 Å². The van der Waals surface area contributed by atoms with Crippen LogP contribution in [0.1, 0.15) is 32.4 Å². The van der Waals surface area contributed by atoms with Crippen LogP contribution in [-0.4, -0.2) is 38.2 Å². The van der Waals surface area contributed by atoms with Gasteiger partial charge >= 0.3 is 0 Å². The van der Waals surface area contributed by atoms with E-state index < -0.39 is 0 Å². The van der Waals surface area contributed by atoms with Gasteiger partial charge in [0, 0.05) is 43.9 Å². The second-order valence-corrected chi connectivity index (χ2v) is 6.44. The molecular weight excluding hydrogens is 291 g/mol. The highest BCUT2D eigenvalue weighted by molar-refractivity contribution is 5.85. The third-order valence-corrected chi connectivity index (χ3v) is 3.83. The quantitative estimate of drug-likeness (QED) is 0.926. The molecule has 0 aliphatic carbocycles. The molecule has 1 aliphatic heterocycles. The second kappa shape index (κ2) is 7.43. The van der Waals surface area contributed by atoms with Crippen LogP contribution < -0.4 is 10.1 Å². The summed E-state index contributed by atoms with van der Waals surface area (Å²) in [6.45, 7) is 10.7. The summed E-state index contributed by atoms with van der Waals surface area (Å²) < 4.78 is 18.8. The molecular formula is C16H26ClFN2O. The summed E-state index contributed by atoms with van der Waals surface area (Å²) in [6.07, 6.45) is 0. The van der Waals surface area contributed by atoms with Crippen molar-refractivity contribution in [2.24, 2.45) is 5.41 Å². The molecule has 1 N–H and O–H groups in total. The maximum atomic E-state index is 13.4. The number of nitrogens with zero attached hydrogens (tertiary/aromatic N) is 1. The third kappa shape index (κ3) is 4.31. The van der Waals surface area contributed by atoms with Gasteiger partial charge in [-0.3, -0.25) is 4.90 Å². The zero-order valence-electron chi connectivity index (χ0n) is 13.3. The normalized spacial score (nSPS) is 18.0. The molecule has 21 heavy (non-hydrogen) atoms. The fourth-order valence-electron chi connectivity index (χ4n) is 3.06. The molecule has 0 radical (unpaired) electrons. The minimum atomic E-state index is -0.251. The van der Waals surface area contributed by atoms with Gasteiger partial charge in [0.2, 0.25) is 0 Å². The van der Waals surface area contributed by atoms with E-state index in [1.54, 1.807) is 7.11 Å². The van der Waals surface area contributed by atoms with Crippen molar-refractivity contribution in [1.29, 1.82) is 0 Å². The zero-order chi connectivity index (χ0) is 14.8. The first-order chi connectivity index (χ1) is 9.43. The topological polar surface area (TPSA) is 24.5 Å². The van der Waals surface area contributed by atoms with Gasteiger partial charge in [-0.15, -0.1) is 12.4 Å². The van der Waals surface area contributed by atoms with Gasteiger partial charge in [-0.2, -0.15) is 0 Å². The number of piperazine rings is 1. The zero-order valence-corrected chi connectivity index (χ0v) is 14.1. The van der Waals surface area contributed by atoms with Crippen LogP contribution in [-0.2, 0) is 0 Å². The van der Waals surface area contributed by atoms with Crippen molar-refractivity contribution in [2.45, 2.75) is 26.8 Å². The van der Waals surface area contributed by atoms with Crippen LogP contribution in [0.5, 0.6) is 5.75 Å². The molecule has 0 amide bonds. The van der Waals surface area contributed by atoms with Gasteiger partial charge in [-0.05, 0) is 11.5 Å². The number of rotatable bonds is 3. The molecule has 1 saturated heterocycles. The first-order valence-electron chi connectivity index (χ1n) is 7.21. The lowest BCUT2D eigenvalue weighted by atomic mass is 9.80. The number of benzene rings is 1. The average molecular weight is 317 g/mol. The number of hydrogen-bond acceptors (Lipinski definition) is 3. The first-order valence-corrected chi connectivity index (χ1v) is 7.21. The number of halogens is 2. The Labute approximate surface area is 133 Å². The van der Waals surface area contributed by atoms with Crippen molar-refractivity contribution in [1.82, 2.24) is 10.2 Å². The monoisotopic (exact) mass is 316 g/mol. The lowest BCUT2D eigenvalue weighted by Crippen LogP contribution is -2.48. The van der Waals surface area contributed by atoms with Crippen molar-refractivity contribution >= 4 is 12.4 Å². The molecule has 0 spiro atoms. The van der Waals surface area contributed by atoms with Crippen LogP contribution >= 0.6 is 12.4 Å². The van der Waals surface area contributed by atoms with Gasteiger partial charge in [0.25, 0.3) is 0 Å². The highest BCUT2D eigenvalue weighted by atomic mass is 35.5. The SMILES string of the molecule is COc1cc(F)ccc1[C@H](N1CCNCC1)C(C)(C)C.Cl. The molecule has 5 heteroatoms. The molecule has 2 rings (SSSR count). The number of ether oxygens (including phenoxy) is 1. The van der Waals surface area contributed by atoms with Crippen molar-refractivity contribution < 1.29 is 9.13 Å². The number of methoxy groups -OCH3 is 1. The fraction of sp³-hybridized carbons (Fsp3) is 0.625. The Kier molecular flexibility index (Phi) is 6.44. The van der Waals surface area contributed by atoms with Crippen molar-refractivity contribution in [3.8, 4) is 5.75 Å². The predicted octanol–water partition coefficient (Wildman–Crippen LogP) is 3.25. The molecule has 0 saturated carbocycles. The molecule has 1 aromatic rings. The molecule has 1 heterocycles. The minimum Gasteiger partial charge on any atom is -0.496 e. The molecule has 1 fully saturated rings. The highest BCUT2D eigenvalue weighted by Crippen LogP contribution is 2.42. The van der Waals surface area contributed by atoms with Crippen molar-refractivity contribution in [3.63, 3.8) is 0 Å². The molecule has 1 aromatic carbocycles. The van der Waals surface area contributed by atoms with Crippen molar-refractivity contribution in [3.05, 3.63) is 29.6 Å². The molecule has 1 atom stereocenters. The van der Waals surface area contributed by atoms with E-state index in [0.717, 1.165) is 31.7 Å². The average Bonchev–Trinajstić information content (AvgIpc) is 2.40. The minimum absolute atomic E-state index is 0. The van der Waals surface area contributed by atoms with Crippen molar-refractivity contribution in [2.75, 3.05) is 33.3 Å². The predicted molar refractivity (Wildman–Crippen MR) is 86.8 cm³/mol. The summed E-state index contributed by atoms with van der Waals surface area (Å²) in [5, 5.41) is 3.38. The van der Waals surface area contributed by atoms with E-state index in [1.165, 1.54) is 12.1 Å². The van der Waals surface area contributed by atoms with Crippen LogP contribution in [0.2, 0.25) is 0 Å². The van der Waals surface area contributed by atoms with E-state index in [-0.39, 0.29) is 29.7 Å². The standard InChI is InChI=1S/C16H25FN2O.ClH/c1-16(2,3)15(19-9-7-18-8-10-19)13-6-5-12(17)11-14(13)20-4;/h5-6,11,15,18H,7-10H2,1-4H3;1H/t15-;/m0./s1. The summed E-state index contributed by atoms with van der Waals surface area (Å²) in [4.78, 5) is 2.46. The molecule has 120 valence electrons. The van der Waals surface area contributed by atoms with Gasteiger partial charge in [-0.25, -0.2) is 4.39 Å². The summed E-state index contributed by atoms with van der Waals surface area (Å²) in [5.74, 6) is 0.391. The Hall–Kier alpha value is -0.840. The van der Waals surface area contributed by atoms with Gasteiger partial charge < -0.3 is 10.1 Å². The molecule has 0 bridgehead atoms. The largest absolute Gasteiger partial charge is 0.496 e. The molecule has 0 aromatic heterocycles. The van der Waals surface area contributed by atoms with Crippen LogP contribution in [0.15, 0.2) is 18.2 Å². The number of hydrogen-bond donors (Lipinski definition) is 1. The lowest BCUT2D eigenvalue weighted by Gasteiger charge is -2.43. The van der Waals surface area contributed by atoms with Crippen LogP contribution in [0.3, 0.4) is 0 Å². The van der Waals surface area contributed by atoms with Crippen LogP contribution in [0, 0.1) is 11.2 Å². The van der Waals surface area contributed by atoms with E-state index in [9.17, 15) is 4.39 Å². The lowest BCUT2D eigenvalue weighted by molar-refractivity contribution is 0.0841. The third-order valence-electron chi connectivity index (χ3n) is 3.83. The molecule has 3 nitrogen and oxygen atoms in total. The summed E-state index contributed by atoms with van der Waals surface area (Å²) in [5.41, 5.74) is 1.13. The maximum absolute atomic E-state index is 13.4. The molecule has 0 unspecified atom stereocenters. The summed E-state index contributed by atoms with van der Waals surface area (Å²) in [6, 6.07) is 5.10. The highest BCUT2D eigenvalue weighted by Gasteiger charge is 2.34. The fourth-order valence-corrected chi connectivity index (χ4v) is 3.06. The Morgan fingerprint density at radius 3 is 2.38 bits per heavy atom. The summed E-state index contributed by atoms with van der Waals surface area (Å²) in [7, 11) is 1.61. The summed E-state index contributed by atoms with van der Waals surface area (Å²) >= 11 is 0. The van der Waals surface area contributed by atoms with Gasteiger partial charge in [0.05, 0.1) is 7.11 Å². The van der Waals surface area contributed by atoms with Crippen LogP contribution in [0.4, 0.5) is 4.39 Å². The molecule has 1 aliphatic rings. The van der Waals surface area contributed by atoms with E-state index in [1.807, 2.05) is 6.07 Å². The van der Waals surface area contributed by atoms with Crippen LogP contribution in [0.25, 0.3) is 0 Å². The van der Waals surface area contributed by atoms with Gasteiger partial charge in [0.15, 0.2) is 0 Å². The van der Waals surface area contributed by atoms with E-state index >= 15 is 0 Å². The first kappa shape index (κ1) is 18.2. The Balaban J connectivity index is 0.00000220. The Bertz CT molecular complexity index is 456. The maximum Gasteiger partial charge on any atom is 0.126 e. The van der Waals surface area contributed by atoms with E-state index in [0.29, 0.717) is 5.75 Å². The smallest absolute Gasteiger partial charge is 0.126 e. The van der Waals surface area contributed by atoms with E-state index in [2.05, 4.69) is 31.0 Å². The van der Waals surface area contributed by atoms with E-state index in [4.69, 9.17) is 4.74 Å². The Morgan fingerprint density at radius 2 is 1.86 bits per heavy atom. The Morgan fingerprint density at radius 1 is 1.24 bits per heavy atom. The number of nitrogens with one attached hydrogen (secondary N) is 1. The second-order valence-electron chi connectivity index (χ2n) is 6.44.